The van der Waals surface area contributed by atoms with Crippen LogP contribution in [0.25, 0.3) is 11.0 Å². The fraction of sp³-hybridized carbons (Fsp3) is 0.300. The van der Waals surface area contributed by atoms with Gasteiger partial charge in [0.05, 0.1) is 11.0 Å². The van der Waals surface area contributed by atoms with Gasteiger partial charge in [0.25, 0.3) is 0 Å². The molecule has 1 aromatic carbocycles. The number of nitrogens with one attached hydrogen (secondary N) is 1. The summed E-state index contributed by atoms with van der Waals surface area (Å²) in [6.07, 6.45) is -0.762. The van der Waals surface area contributed by atoms with Gasteiger partial charge in [0.1, 0.15) is 0 Å². The number of aliphatic hydroxyl groups is 2. The molecule has 0 radical (unpaired) electrons. The Labute approximate surface area is 86.6 Å². The molecule has 0 saturated heterocycles. The lowest BCUT2D eigenvalue weighted by atomic mass is 10.1. The third kappa shape index (κ3) is 1.99. The zero-order valence-electron chi connectivity index (χ0n) is 8.14. The van der Waals surface area contributed by atoms with Crippen LogP contribution in [-0.2, 0) is 6.42 Å². The summed E-state index contributed by atoms with van der Waals surface area (Å²) in [5.41, 5.74) is 8.07. The molecule has 15 heavy (non-hydrogen) atoms. The van der Waals surface area contributed by atoms with Crippen LogP contribution in [-0.4, -0.2) is 26.7 Å². The number of H-pyrrole nitrogens is 1. The van der Waals surface area contributed by atoms with Crippen LogP contribution >= 0.6 is 0 Å². The molecule has 0 fully saturated rings. The second-order valence-electron chi connectivity index (χ2n) is 3.39. The molecule has 0 amide bonds. The van der Waals surface area contributed by atoms with Crippen molar-refractivity contribution in [2.75, 3.05) is 6.54 Å². The fourth-order valence-corrected chi connectivity index (χ4v) is 1.52. The molecule has 80 valence electrons. The minimum absolute atomic E-state index is 0.162. The van der Waals surface area contributed by atoms with Gasteiger partial charge in [-0.15, -0.1) is 0 Å². The topological polar surface area (TPSA) is 95.2 Å². The van der Waals surface area contributed by atoms with Crippen LogP contribution in [0, 0.1) is 0 Å². The lowest BCUT2D eigenvalue weighted by molar-refractivity contribution is -0.0486. The van der Waals surface area contributed by atoms with Crippen molar-refractivity contribution < 1.29 is 10.2 Å². The van der Waals surface area contributed by atoms with Gasteiger partial charge >= 0.3 is 0 Å². The molecule has 0 spiro atoms. The molecule has 0 unspecified atom stereocenters. The van der Waals surface area contributed by atoms with Crippen LogP contribution < -0.4 is 5.73 Å². The van der Waals surface area contributed by atoms with E-state index in [9.17, 15) is 0 Å². The Hall–Kier alpha value is -1.43. The summed E-state index contributed by atoms with van der Waals surface area (Å²) in [7, 11) is 0. The highest BCUT2D eigenvalue weighted by molar-refractivity contribution is 5.75. The van der Waals surface area contributed by atoms with E-state index < -0.39 is 6.29 Å². The highest BCUT2D eigenvalue weighted by Gasteiger charge is 2.08. The molecule has 2 aromatic rings. The van der Waals surface area contributed by atoms with E-state index >= 15 is 0 Å². The van der Waals surface area contributed by atoms with E-state index in [-0.39, 0.29) is 5.82 Å². The Kier molecular flexibility index (Phi) is 2.68. The van der Waals surface area contributed by atoms with Crippen molar-refractivity contribution in [3.8, 4) is 0 Å². The second kappa shape index (κ2) is 3.98. The maximum absolute atomic E-state index is 8.94. The van der Waals surface area contributed by atoms with E-state index in [0.717, 1.165) is 23.0 Å². The molecule has 1 heterocycles. The lowest BCUT2D eigenvalue weighted by Crippen LogP contribution is -2.02. The highest BCUT2D eigenvalue weighted by Crippen LogP contribution is 2.16. The first kappa shape index (κ1) is 10.1. The van der Waals surface area contributed by atoms with Crippen molar-refractivity contribution in [2.24, 2.45) is 5.73 Å². The first-order valence-corrected chi connectivity index (χ1v) is 4.75. The van der Waals surface area contributed by atoms with Gasteiger partial charge in [-0.25, -0.2) is 4.98 Å². The van der Waals surface area contributed by atoms with Gasteiger partial charge in [0, 0.05) is 0 Å². The van der Waals surface area contributed by atoms with Gasteiger partial charge in [-0.2, -0.15) is 0 Å². The minimum atomic E-state index is -1.56. The van der Waals surface area contributed by atoms with Crippen LogP contribution in [0.5, 0.6) is 0 Å². The van der Waals surface area contributed by atoms with Crippen molar-refractivity contribution in [2.45, 2.75) is 12.7 Å². The minimum Gasteiger partial charge on any atom is -0.362 e. The highest BCUT2D eigenvalue weighted by atomic mass is 16.5. The van der Waals surface area contributed by atoms with Crippen LogP contribution in [0.15, 0.2) is 18.2 Å². The van der Waals surface area contributed by atoms with Gasteiger partial charge in [-0.05, 0) is 30.7 Å². The molecular weight excluding hydrogens is 194 g/mol. The molecule has 2 rings (SSSR count). The van der Waals surface area contributed by atoms with Crippen LogP contribution in [0.4, 0.5) is 0 Å². The standard InChI is InChI=1S/C10H13N3O2/c11-4-3-6-1-2-7-8(5-6)13-9(12-7)10(14)15/h1-2,5,10,14-15H,3-4,11H2,(H,12,13). The van der Waals surface area contributed by atoms with Gasteiger partial charge in [0.15, 0.2) is 5.82 Å². The van der Waals surface area contributed by atoms with E-state index in [0.29, 0.717) is 6.54 Å². The molecule has 0 aliphatic carbocycles. The molecular formula is C10H13N3O2. The fourth-order valence-electron chi connectivity index (χ4n) is 1.52. The number of rotatable bonds is 3. The molecule has 0 aliphatic heterocycles. The molecule has 0 aliphatic rings. The summed E-state index contributed by atoms with van der Waals surface area (Å²) < 4.78 is 0. The SMILES string of the molecule is NCCc1ccc2nc(C(O)O)[nH]c2c1. The Morgan fingerprint density at radius 3 is 2.87 bits per heavy atom. The van der Waals surface area contributed by atoms with Crippen molar-refractivity contribution in [1.82, 2.24) is 9.97 Å². The van der Waals surface area contributed by atoms with Gasteiger partial charge < -0.3 is 20.9 Å². The Balaban J connectivity index is 2.43. The number of aromatic nitrogens is 2. The summed E-state index contributed by atoms with van der Waals surface area (Å²) in [4.78, 5) is 6.87. The van der Waals surface area contributed by atoms with Crippen LogP contribution in [0.2, 0.25) is 0 Å². The number of hydrogen-bond acceptors (Lipinski definition) is 4. The predicted octanol–water partition coefficient (Wildman–Crippen LogP) is 0.0473. The third-order valence-corrected chi connectivity index (χ3v) is 2.24. The first-order valence-electron chi connectivity index (χ1n) is 4.75. The summed E-state index contributed by atoms with van der Waals surface area (Å²) in [5, 5.41) is 17.9. The summed E-state index contributed by atoms with van der Waals surface area (Å²) in [6, 6.07) is 5.69. The lowest BCUT2D eigenvalue weighted by Gasteiger charge is -1.97. The molecule has 0 saturated carbocycles. The van der Waals surface area contributed by atoms with Crippen LogP contribution in [0.3, 0.4) is 0 Å². The van der Waals surface area contributed by atoms with E-state index in [2.05, 4.69) is 9.97 Å². The van der Waals surface area contributed by atoms with Gasteiger partial charge in [-0.3, -0.25) is 0 Å². The van der Waals surface area contributed by atoms with Gasteiger partial charge in [-0.1, -0.05) is 6.07 Å². The number of aromatic amines is 1. The molecule has 5 heteroatoms. The monoisotopic (exact) mass is 207 g/mol. The zero-order valence-corrected chi connectivity index (χ0v) is 8.14. The number of aliphatic hydroxyl groups excluding tert-OH is 1. The summed E-state index contributed by atoms with van der Waals surface area (Å²) in [6.45, 7) is 0.592. The zero-order chi connectivity index (χ0) is 10.8. The van der Waals surface area contributed by atoms with Gasteiger partial charge in [0.2, 0.25) is 6.29 Å². The van der Waals surface area contributed by atoms with E-state index in [1.807, 2.05) is 18.2 Å². The Morgan fingerprint density at radius 1 is 1.40 bits per heavy atom. The maximum atomic E-state index is 8.94. The Morgan fingerprint density at radius 2 is 2.20 bits per heavy atom. The molecule has 1 aromatic heterocycles. The number of nitrogens with two attached hydrogens (primary N) is 1. The summed E-state index contributed by atoms with van der Waals surface area (Å²) in [5.74, 6) is 0.162. The molecule has 5 N–H and O–H groups in total. The van der Waals surface area contributed by atoms with E-state index in [1.54, 1.807) is 0 Å². The van der Waals surface area contributed by atoms with Crippen molar-refractivity contribution in [1.29, 1.82) is 0 Å². The average molecular weight is 207 g/mol. The molecule has 0 bridgehead atoms. The number of imidazole rings is 1. The number of nitrogens with zero attached hydrogens (tertiary/aromatic N) is 1. The number of benzene rings is 1. The molecule has 5 nitrogen and oxygen atoms in total. The number of fused-ring (bicyclic) bond motifs is 1. The smallest absolute Gasteiger partial charge is 0.212 e. The maximum Gasteiger partial charge on any atom is 0.212 e. The van der Waals surface area contributed by atoms with Crippen molar-refractivity contribution in [3.05, 3.63) is 29.6 Å². The first-order chi connectivity index (χ1) is 7.20. The number of hydrogen-bond donors (Lipinski definition) is 4. The van der Waals surface area contributed by atoms with Crippen molar-refractivity contribution >= 4 is 11.0 Å². The Bertz CT molecular complexity index is 465. The van der Waals surface area contributed by atoms with Crippen LogP contribution in [0.1, 0.15) is 17.7 Å². The quantitative estimate of drug-likeness (QED) is 0.535. The summed E-state index contributed by atoms with van der Waals surface area (Å²) >= 11 is 0. The molecule has 0 atom stereocenters. The van der Waals surface area contributed by atoms with E-state index in [1.165, 1.54) is 0 Å². The predicted molar refractivity (Wildman–Crippen MR) is 56.0 cm³/mol. The average Bonchev–Trinajstić information content (AvgIpc) is 2.61. The van der Waals surface area contributed by atoms with Crippen molar-refractivity contribution in [3.63, 3.8) is 0 Å². The largest absolute Gasteiger partial charge is 0.362 e. The second-order valence-corrected chi connectivity index (χ2v) is 3.39. The normalized spacial score (nSPS) is 11.5. The van der Waals surface area contributed by atoms with E-state index in [4.69, 9.17) is 15.9 Å². The third-order valence-electron chi connectivity index (χ3n) is 2.24.